The normalized spacial score (nSPS) is 15.0. The fourth-order valence-corrected chi connectivity index (χ4v) is 6.83. The van der Waals surface area contributed by atoms with Crippen molar-refractivity contribution in [3.05, 3.63) is 104 Å². The second-order valence-electron chi connectivity index (χ2n) is 11.4. The summed E-state index contributed by atoms with van der Waals surface area (Å²) in [5, 5.41) is 3.82. The van der Waals surface area contributed by atoms with Gasteiger partial charge in [-0.3, -0.25) is 4.79 Å². The first kappa shape index (κ1) is 29.1. The number of ether oxygens (including phenoxy) is 2. The molecule has 212 valence electrons. The highest BCUT2D eigenvalue weighted by Gasteiger charge is 2.33. The summed E-state index contributed by atoms with van der Waals surface area (Å²) in [7, 11) is 1.63. The smallest absolute Gasteiger partial charge is 0.259 e. The van der Waals surface area contributed by atoms with Gasteiger partial charge in [-0.2, -0.15) is 0 Å². The second kappa shape index (κ2) is 12.6. The predicted molar refractivity (Wildman–Crippen MR) is 172 cm³/mol. The van der Waals surface area contributed by atoms with Crippen molar-refractivity contribution in [2.45, 2.75) is 46.6 Å². The van der Waals surface area contributed by atoms with Crippen molar-refractivity contribution in [2.24, 2.45) is 16.3 Å². The molecule has 1 atom stereocenters. The lowest BCUT2D eigenvalue weighted by Gasteiger charge is -2.33. The number of hydrogen-bond donors (Lipinski definition) is 1. The van der Waals surface area contributed by atoms with E-state index in [1.165, 1.54) is 4.88 Å². The van der Waals surface area contributed by atoms with Crippen LogP contribution in [0.3, 0.4) is 0 Å². The number of benzene rings is 3. The summed E-state index contributed by atoms with van der Waals surface area (Å²) in [5.74, 6) is 1.71. The summed E-state index contributed by atoms with van der Waals surface area (Å²) in [6.45, 7) is 7.34. The molecule has 1 aliphatic rings. The fourth-order valence-electron chi connectivity index (χ4n) is 5.14. The number of halogens is 1. The maximum atomic E-state index is 13.6. The van der Waals surface area contributed by atoms with Gasteiger partial charge in [0.05, 0.1) is 12.7 Å². The van der Waals surface area contributed by atoms with Crippen LogP contribution in [-0.4, -0.2) is 19.2 Å². The minimum absolute atomic E-state index is 0.114. The number of aliphatic imine (C=N–C) groups is 1. The Hall–Kier alpha value is -3.42. The van der Waals surface area contributed by atoms with Gasteiger partial charge in [-0.05, 0) is 81.9 Å². The number of rotatable bonds is 8. The van der Waals surface area contributed by atoms with Crippen LogP contribution in [0.1, 0.15) is 59.1 Å². The molecule has 1 aliphatic carbocycles. The van der Waals surface area contributed by atoms with E-state index in [9.17, 15) is 4.79 Å². The van der Waals surface area contributed by atoms with Gasteiger partial charge in [0, 0.05) is 26.8 Å². The third-order valence-corrected chi connectivity index (χ3v) is 9.42. The third kappa shape index (κ3) is 6.91. The molecular weight excluding hydrogens is 596 g/mol. The topological polar surface area (TPSA) is 59.9 Å². The first-order chi connectivity index (χ1) is 19.7. The maximum absolute atomic E-state index is 13.6. The summed E-state index contributed by atoms with van der Waals surface area (Å²) in [5.41, 5.74) is 4.72. The van der Waals surface area contributed by atoms with E-state index in [4.69, 9.17) is 14.5 Å². The number of nitrogens with zero attached hydrogens (tertiary/aromatic N) is 1. The minimum Gasteiger partial charge on any atom is -0.493 e. The molecule has 0 saturated carbocycles. The Morgan fingerprint density at radius 1 is 1.07 bits per heavy atom. The summed E-state index contributed by atoms with van der Waals surface area (Å²) in [6.07, 6.45) is 4.71. The number of anilines is 1. The zero-order chi connectivity index (χ0) is 29.0. The summed E-state index contributed by atoms with van der Waals surface area (Å²) < 4.78 is 12.5. The molecule has 0 radical (unpaired) electrons. The van der Waals surface area contributed by atoms with Crippen LogP contribution < -0.4 is 14.8 Å². The Balaban J connectivity index is 1.45. The summed E-state index contributed by atoms with van der Waals surface area (Å²) in [6, 6.07) is 23.4. The average Bonchev–Trinajstić information content (AvgIpc) is 3.34. The molecule has 0 fully saturated rings. The van der Waals surface area contributed by atoms with Crippen LogP contribution >= 0.6 is 27.3 Å². The van der Waals surface area contributed by atoms with Gasteiger partial charge in [-0.25, -0.2) is 4.99 Å². The van der Waals surface area contributed by atoms with Crippen LogP contribution in [0.2, 0.25) is 0 Å². The standard InChI is InChI=1S/C34H35BrN2O3S/c1-34(2,3)24-15-16-26-30(18-24)41-33(31(26)32(38)37-25-13-9-6-10-14-25)36-20-23-17-28(39-4)29(19-27(23)35)40-21-22-11-7-5-8-12-22/h5-14,17,19-20,24H,15-16,18,21H2,1-4H3,(H,37,38)/t24-/m0/s1. The van der Waals surface area contributed by atoms with Gasteiger partial charge in [0.15, 0.2) is 11.5 Å². The molecule has 7 heteroatoms. The molecule has 0 unspecified atom stereocenters. The first-order valence-corrected chi connectivity index (χ1v) is 15.4. The van der Waals surface area contributed by atoms with E-state index < -0.39 is 0 Å². The summed E-state index contributed by atoms with van der Waals surface area (Å²) >= 11 is 5.32. The van der Waals surface area contributed by atoms with E-state index >= 15 is 0 Å². The van der Waals surface area contributed by atoms with Crippen LogP contribution in [0.5, 0.6) is 11.5 Å². The molecule has 1 N–H and O–H groups in total. The molecule has 0 spiro atoms. The lowest BCUT2D eigenvalue weighted by molar-refractivity contribution is 0.102. The molecular formula is C34H35BrN2O3S. The van der Waals surface area contributed by atoms with Crippen LogP contribution in [-0.2, 0) is 19.4 Å². The van der Waals surface area contributed by atoms with E-state index in [1.54, 1.807) is 24.7 Å². The van der Waals surface area contributed by atoms with Crippen LogP contribution in [0, 0.1) is 11.3 Å². The van der Waals surface area contributed by atoms with Gasteiger partial charge in [-0.1, -0.05) is 69.3 Å². The van der Waals surface area contributed by atoms with Crippen molar-refractivity contribution in [1.29, 1.82) is 0 Å². The molecule has 1 amide bonds. The van der Waals surface area contributed by atoms with Gasteiger partial charge in [0.1, 0.15) is 11.6 Å². The van der Waals surface area contributed by atoms with Crippen molar-refractivity contribution < 1.29 is 14.3 Å². The zero-order valence-electron chi connectivity index (χ0n) is 23.9. The predicted octanol–water partition coefficient (Wildman–Crippen LogP) is 9.25. The SMILES string of the molecule is COc1cc(C=Nc2sc3c(c2C(=O)Nc2ccccc2)CC[C@H](C(C)(C)C)C3)c(Br)cc1OCc1ccccc1. The molecule has 5 nitrogen and oxygen atoms in total. The van der Waals surface area contributed by atoms with Gasteiger partial charge >= 0.3 is 0 Å². The number of para-hydroxylation sites is 1. The number of carbonyl (C=O) groups is 1. The van der Waals surface area contributed by atoms with Crippen molar-refractivity contribution in [1.82, 2.24) is 0 Å². The number of thiophene rings is 1. The number of methoxy groups -OCH3 is 1. The van der Waals surface area contributed by atoms with Gasteiger partial charge in [0.2, 0.25) is 0 Å². The fraction of sp³-hybridized carbons (Fsp3) is 0.294. The number of carbonyl (C=O) groups excluding carboxylic acids is 1. The maximum Gasteiger partial charge on any atom is 0.259 e. The quantitative estimate of drug-likeness (QED) is 0.197. The molecule has 4 aromatic rings. The lowest BCUT2D eigenvalue weighted by atomic mass is 9.72. The van der Waals surface area contributed by atoms with Crippen molar-refractivity contribution in [3.8, 4) is 11.5 Å². The van der Waals surface area contributed by atoms with Crippen LogP contribution in [0.4, 0.5) is 10.7 Å². The van der Waals surface area contributed by atoms with E-state index in [0.29, 0.717) is 29.6 Å². The Labute approximate surface area is 254 Å². The van der Waals surface area contributed by atoms with Crippen molar-refractivity contribution >= 4 is 50.1 Å². The molecule has 5 rings (SSSR count). The molecule has 0 bridgehead atoms. The number of fused-ring (bicyclic) bond motifs is 1. The van der Waals surface area contributed by atoms with E-state index in [1.807, 2.05) is 72.8 Å². The zero-order valence-corrected chi connectivity index (χ0v) is 26.3. The van der Waals surface area contributed by atoms with E-state index in [2.05, 4.69) is 42.0 Å². The van der Waals surface area contributed by atoms with Crippen molar-refractivity contribution in [3.63, 3.8) is 0 Å². The van der Waals surface area contributed by atoms with Crippen molar-refractivity contribution in [2.75, 3.05) is 12.4 Å². The number of hydrogen-bond acceptors (Lipinski definition) is 5. The average molecular weight is 632 g/mol. The number of amides is 1. The second-order valence-corrected chi connectivity index (χ2v) is 13.3. The largest absolute Gasteiger partial charge is 0.493 e. The highest BCUT2D eigenvalue weighted by molar-refractivity contribution is 9.10. The van der Waals surface area contributed by atoms with E-state index in [-0.39, 0.29) is 11.3 Å². The van der Waals surface area contributed by atoms with Crippen LogP contribution in [0.15, 0.2) is 82.3 Å². The van der Waals surface area contributed by atoms with E-state index in [0.717, 1.165) is 51.1 Å². The highest BCUT2D eigenvalue weighted by atomic mass is 79.9. The highest BCUT2D eigenvalue weighted by Crippen LogP contribution is 2.45. The molecule has 1 aromatic heterocycles. The Kier molecular flexibility index (Phi) is 8.95. The van der Waals surface area contributed by atoms with Gasteiger partial charge in [0.25, 0.3) is 5.91 Å². The minimum atomic E-state index is -0.114. The van der Waals surface area contributed by atoms with Gasteiger partial charge in [-0.15, -0.1) is 11.3 Å². The Morgan fingerprint density at radius 2 is 1.78 bits per heavy atom. The molecule has 1 heterocycles. The lowest BCUT2D eigenvalue weighted by Crippen LogP contribution is -2.27. The monoisotopic (exact) mass is 630 g/mol. The molecule has 3 aromatic carbocycles. The molecule has 0 saturated heterocycles. The third-order valence-electron chi connectivity index (χ3n) is 7.57. The number of nitrogens with one attached hydrogen (secondary N) is 1. The van der Waals surface area contributed by atoms with Gasteiger partial charge < -0.3 is 14.8 Å². The molecule has 41 heavy (non-hydrogen) atoms. The Morgan fingerprint density at radius 3 is 2.46 bits per heavy atom. The summed E-state index contributed by atoms with van der Waals surface area (Å²) in [4.78, 5) is 19.8. The van der Waals surface area contributed by atoms with Crippen LogP contribution in [0.25, 0.3) is 0 Å². The Bertz CT molecular complexity index is 1540. The molecule has 0 aliphatic heterocycles. The first-order valence-electron chi connectivity index (χ1n) is 13.8.